The van der Waals surface area contributed by atoms with E-state index in [4.69, 9.17) is 11.6 Å². The monoisotopic (exact) mass is 341 g/mol. The second-order valence-corrected chi connectivity index (χ2v) is 5.89. The molecule has 0 bridgehead atoms. The minimum absolute atomic E-state index is 0.674. The largest absolute Gasteiger partial charge is 0.397 e. The van der Waals surface area contributed by atoms with Crippen LogP contribution in [0.5, 0.6) is 0 Å². The quantitative estimate of drug-likeness (QED) is 0.293. The molecule has 5 nitrogen and oxygen atoms in total. The van der Waals surface area contributed by atoms with Gasteiger partial charge in [-0.15, -0.1) is 0 Å². The Hall–Kier alpha value is -2.66. The lowest BCUT2D eigenvalue weighted by atomic mass is 10.2. The summed E-state index contributed by atoms with van der Waals surface area (Å²) in [6, 6.07) is 5.90. The number of benzene rings is 1. The smallest absolute Gasteiger partial charge is 0.0748 e. The van der Waals surface area contributed by atoms with Gasteiger partial charge in [0.05, 0.1) is 11.4 Å². The van der Waals surface area contributed by atoms with Gasteiger partial charge in [-0.05, 0) is 43.0 Å². The number of nitrogens with zero attached hydrogens (tertiary/aromatic N) is 3. The highest BCUT2D eigenvalue weighted by Crippen LogP contribution is 2.27. The maximum atomic E-state index is 6.16. The van der Waals surface area contributed by atoms with Crippen LogP contribution in [-0.4, -0.2) is 25.5 Å². The molecule has 136 valence electrons. The number of anilines is 3. The molecule has 0 aliphatic heterocycles. The van der Waals surface area contributed by atoms with Gasteiger partial charge in [0.1, 0.15) is 0 Å². The lowest BCUT2D eigenvalue weighted by molar-refractivity contribution is 0.593. The number of likely N-dealkylation sites (N-methyl/N-ethyl adjacent to an activating group) is 1. The van der Waals surface area contributed by atoms with Crippen molar-refractivity contribution in [1.82, 2.24) is 4.90 Å². The zero-order valence-corrected chi connectivity index (χ0v) is 15.7. The molecule has 0 saturated heterocycles. The molecule has 0 aliphatic rings. The summed E-state index contributed by atoms with van der Waals surface area (Å²) in [4.78, 5) is 3.85. The average Bonchev–Trinajstić information content (AvgIpc) is 2.61. The Kier molecular flexibility index (Phi) is 8.36. The molecule has 5 heteroatoms. The van der Waals surface area contributed by atoms with Gasteiger partial charge >= 0.3 is 0 Å². The highest BCUT2D eigenvalue weighted by Gasteiger charge is 2.07. The number of hydrogen-bond acceptors (Lipinski definition) is 5. The van der Waals surface area contributed by atoms with Gasteiger partial charge in [0.25, 0.3) is 0 Å². The van der Waals surface area contributed by atoms with E-state index in [0.29, 0.717) is 5.69 Å². The van der Waals surface area contributed by atoms with E-state index in [2.05, 4.69) is 20.1 Å². The van der Waals surface area contributed by atoms with E-state index in [0.717, 1.165) is 36.5 Å². The van der Waals surface area contributed by atoms with Crippen LogP contribution < -0.4 is 21.5 Å². The third kappa shape index (κ3) is 6.39. The molecule has 25 heavy (non-hydrogen) atoms. The fourth-order valence-corrected chi connectivity index (χ4v) is 2.14. The van der Waals surface area contributed by atoms with Gasteiger partial charge in [-0.25, -0.2) is 5.84 Å². The first kappa shape index (κ1) is 20.4. The van der Waals surface area contributed by atoms with Crippen LogP contribution in [0, 0.1) is 0 Å². The molecule has 1 rings (SSSR count). The summed E-state index contributed by atoms with van der Waals surface area (Å²) < 4.78 is 0. The van der Waals surface area contributed by atoms with Gasteiger partial charge in [-0.1, -0.05) is 32.6 Å². The number of nitrogens with two attached hydrogens (primary N) is 2. The van der Waals surface area contributed by atoms with Crippen LogP contribution in [-0.2, 0) is 0 Å². The van der Waals surface area contributed by atoms with Crippen LogP contribution in [0.3, 0.4) is 0 Å². The molecule has 0 spiro atoms. The van der Waals surface area contributed by atoms with E-state index >= 15 is 0 Å². The lowest BCUT2D eigenvalue weighted by Crippen LogP contribution is -2.32. The molecular weight excluding hydrogens is 310 g/mol. The average molecular weight is 342 g/mol. The van der Waals surface area contributed by atoms with E-state index in [9.17, 15) is 0 Å². The van der Waals surface area contributed by atoms with Crippen LogP contribution in [0.1, 0.15) is 19.8 Å². The van der Waals surface area contributed by atoms with Crippen LogP contribution in [0.4, 0.5) is 17.1 Å². The van der Waals surface area contributed by atoms with Gasteiger partial charge in [-0.2, -0.15) is 0 Å². The highest BCUT2D eigenvalue weighted by molar-refractivity contribution is 5.73. The zero-order valence-electron chi connectivity index (χ0n) is 15.7. The highest BCUT2D eigenvalue weighted by atomic mass is 15.4. The van der Waals surface area contributed by atoms with Crippen molar-refractivity contribution < 1.29 is 0 Å². The summed E-state index contributed by atoms with van der Waals surface area (Å²) in [6.07, 6.45) is 11.6. The lowest BCUT2D eigenvalue weighted by Gasteiger charge is -2.22. The number of rotatable bonds is 10. The summed E-state index contributed by atoms with van der Waals surface area (Å²) >= 11 is 0. The molecule has 0 heterocycles. The van der Waals surface area contributed by atoms with Crippen molar-refractivity contribution in [3.8, 4) is 0 Å². The van der Waals surface area contributed by atoms with Crippen molar-refractivity contribution in [1.29, 1.82) is 0 Å². The fraction of sp³-hybridized carbons (Fsp3) is 0.300. The minimum atomic E-state index is 0.674. The molecule has 0 saturated carbocycles. The Bertz CT molecular complexity index is 633. The van der Waals surface area contributed by atoms with Crippen molar-refractivity contribution in [2.75, 3.05) is 36.3 Å². The van der Waals surface area contributed by atoms with Crippen molar-refractivity contribution in [2.45, 2.75) is 19.8 Å². The maximum Gasteiger partial charge on any atom is 0.0748 e. The van der Waals surface area contributed by atoms with Crippen molar-refractivity contribution in [2.24, 2.45) is 5.84 Å². The molecular formula is C20H31N5. The third-order valence-electron chi connectivity index (χ3n) is 3.92. The first-order valence-corrected chi connectivity index (χ1v) is 8.44. The number of allylic oxidation sites excluding steroid dienone is 3. The molecule has 4 N–H and O–H groups in total. The summed E-state index contributed by atoms with van der Waals surface area (Å²) in [5, 5.41) is 1.71. The Morgan fingerprint density at radius 2 is 1.96 bits per heavy atom. The normalized spacial score (nSPS) is 11.0. The van der Waals surface area contributed by atoms with Gasteiger partial charge in [0.15, 0.2) is 0 Å². The van der Waals surface area contributed by atoms with Crippen LogP contribution in [0.15, 0.2) is 67.7 Å². The van der Waals surface area contributed by atoms with E-state index < -0.39 is 0 Å². The molecule has 0 aromatic heterocycles. The summed E-state index contributed by atoms with van der Waals surface area (Å²) in [7, 11) is 3.88. The van der Waals surface area contributed by atoms with E-state index in [-0.39, 0.29) is 0 Å². The zero-order chi connectivity index (χ0) is 18.8. The summed E-state index contributed by atoms with van der Waals surface area (Å²) in [6.45, 7) is 10.6. The number of hydrogen-bond donors (Lipinski definition) is 2. The van der Waals surface area contributed by atoms with Crippen molar-refractivity contribution in [3.05, 3.63) is 67.7 Å². The van der Waals surface area contributed by atoms with Crippen LogP contribution >= 0.6 is 0 Å². The van der Waals surface area contributed by atoms with Gasteiger partial charge in [-0.3, -0.25) is 0 Å². The number of unbranched alkanes of at least 4 members (excludes halogenated alkanes) is 1. The Morgan fingerprint density at radius 1 is 1.24 bits per heavy atom. The molecule has 0 atom stereocenters. The molecule has 0 fully saturated rings. The van der Waals surface area contributed by atoms with Crippen molar-refractivity contribution >= 4 is 17.1 Å². The summed E-state index contributed by atoms with van der Waals surface area (Å²) in [5.41, 5.74) is 9.56. The van der Waals surface area contributed by atoms with Gasteiger partial charge in [0, 0.05) is 38.2 Å². The molecule has 0 radical (unpaired) electrons. The van der Waals surface area contributed by atoms with E-state index in [1.54, 1.807) is 11.2 Å². The maximum absolute atomic E-state index is 6.16. The van der Waals surface area contributed by atoms with E-state index in [1.807, 2.05) is 66.5 Å². The third-order valence-corrected chi connectivity index (χ3v) is 3.92. The van der Waals surface area contributed by atoms with Gasteiger partial charge < -0.3 is 20.5 Å². The first-order valence-electron chi connectivity index (χ1n) is 8.44. The standard InChI is InChI=1S/C20H31N5/c1-6-8-15-25(22)20-13-12-18(16-19(20)21)24(5)14-10-9-11-17(3)23(4)7-2/h7,9-14,16H,2-3,6,8,15,21-22H2,1,4-5H3/b11-9-,14-10-. The molecule has 0 amide bonds. The molecule has 0 unspecified atom stereocenters. The van der Waals surface area contributed by atoms with Gasteiger partial charge in [0.2, 0.25) is 0 Å². The number of hydrazine groups is 1. The van der Waals surface area contributed by atoms with Crippen molar-refractivity contribution in [3.63, 3.8) is 0 Å². The predicted octanol–water partition coefficient (Wildman–Crippen LogP) is 3.84. The van der Waals surface area contributed by atoms with Crippen LogP contribution in [0.2, 0.25) is 0 Å². The molecule has 1 aromatic carbocycles. The first-order chi connectivity index (χ1) is 11.9. The predicted molar refractivity (Wildman–Crippen MR) is 111 cm³/mol. The molecule has 0 aliphatic carbocycles. The Labute approximate surface area is 152 Å². The topological polar surface area (TPSA) is 61.8 Å². The van der Waals surface area contributed by atoms with E-state index in [1.165, 1.54) is 0 Å². The minimum Gasteiger partial charge on any atom is -0.397 e. The second kappa shape index (κ2) is 10.3. The number of nitrogen functional groups attached to an aromatic ring is 1. The Balaban J connectivity index is 2.73. The SMILES string of the molecule is C=CN(C)C(=C)/C=C\C=C/N(C)c1ccc(N(N)CCCC)c(N)c1. The van der Waals surface area contributed by atoms with Crippen LogP contribution in [0.25, 0.3) is 0 Å². The fourth-order valence-electron chi connectivity index (χ4n) is 2.14. The summed E-state index contributed by atoms with van der Waals surface area (Å²) in [5.74, 6) is 6.07. The Morgan fingerprint density at radius 3 is 2.56 bits per heavy atom. The molecule has 1 aromatic rings. The second-order valence-electron chi connectivity index (χ2n) is 5.89.